The number of aromatic nitrogens is 1. The van der Waals surface area contributed by atoms with Gasteiger partial charge in [0.2, 0.25) is 5.91 Å². The predicted octanol–water partition coefficient (Wildman–Crippen LogP) is 1.90. The lowest BCUT2D eigenvalue weighted by Gasteiger charge is -2.19. The van der Waals surface area contributed by atoms with Crippen molar-refractivity contribution in [3.63, 3.8) is 0 Å². The van der Waals surface area contributed by atoms with Crippen LogP contribution in [0.3, 0.4) is 0 Å². The van der Waals surface area contributed by atoms with Gasteiger partial charge in [-0.15, -0.1) is 0 Å². The van der Waals surface area contributed by atoms with Crippen LogP contribution in [-0.4, -0.2) is 47.6 Å². The fourth-order valence-corrected chi connectivity index (χ4v) is 2.32. The number of H-pyrrole nitrogens is 1. The van der Waals surface area contributed by atoms with E-state index in [-0.39, 0.29) is 18.9 Å². The molecule has 22 heavy (non-hydrogen) atoms. The third-order valence-electron chi connectivity index (χ3n) is 3.71. The average Bonchev–Trinajstić information content (AvgIpc) is 2.89. The number of aliphatic carboxylic acids is 1. The van der Waals surface area contributed by atoms with Gasteiger partial charge in [0.05, 0.1) is 19.4 Å². The van der Waals surface area contributed by atoms with Gasteiger partial charge >= 0.3 is 5.97 Å². The highest BCUT2D eigenvalue weighted by atomic mass is 16.5. The maximum absolute atomic E-state index is 12.3. The van der Waals surface area contributed by atoms with Gasteiger partial charge in [0.1, 0.15) is 5.75 Å². The molecule has 1 aromatic carbocycles. The Hall–Kier alpha value is -2.50. The van der Waals surface area contributed by atoms with Crippen LogP contribution in [0.1, 0.15) is 12.5 Å². The molecule has 1 heterocycles. The van der Waals surface area contributed by atoms with Crippen molar-refractivity contribution in [1.82, 2.24) is 9.88 Å². The lowest BCUT2D eigenvalue weighted by atomic mass is 10.1. The monoisotopic (exact) mass is 304 g/mol. The molecule has 0 bridgehead atoms. The highest BCUT2D eigenvalue weighted by Crippen LogP contribution is 2.24. The second kappa shape index (κ2) is 6.51. The highest BCUT2D eigenvalue weighted by Gasteiger charge is 2.18. The van der Waals surface area contributed by atoms with Gasteiger partial charge in [0.15, 0.2) is 0 Å². The second-order valence-electron chi connectivity index (χ2n) is 5.42. The second-order valence-corrected chi connectivity index (χ2v) is 5.42. The van der Waals surface area contributed by atoms with Crippen molar-refractivity contribution in [2.75, 3.05) is 20.7 Å². The van der Waals surface area contributed by atoms with E-state index in [1.165, 1.54) is 4.90 Å². The van der Waals surface area contributed by atoms with E-state index in [2.05, 4.69) is 4.98 Å². The molecule has 1 unspecified atom stereocenters. The number of benzene rings is 1. The smallest absolute Gasteiger partial charge is 0.308 e. The van der Waals surface area contributed by atoms with Gasteiger partial charge in [-0.3, -0.25) is 9.59 Å². The van der Waals surface area contributed by atoms with E-state index in [0.29, 0.717) is 0 Å². The fraction of sp³-hybridized carbons (Fsp3) is 0.375. The number of hydrogen-bond acceptors (Lipinski definition) is 3. The Morgan fingerprint density at radius 2 is 2.14 bits per heavy atom. The number of likely N-dealkylation sites (N-methyl/N-ethyl adjacent to an activating group) is 1. The average molecular weight is 304 g/mol. The van der Waals surface area contributed by atoms with Crippen LogP contribution in [0.15, 0.2) is 24.4 Å². The van der Waals surface area contributed by atoms with Crippen molar-refractivity contribution < 1.29 is 19.4 Å². The molecule has 0 saturated carbocycles. The van der Waals surface area contributed by atoms with E-state index >= 15 is 0 Å². The first kappa shape index (κ1) is 15.9. The molecule has 0 aliphatic carbocycles. The lowest BCUT2D eigenvalue weighted by Crippen LogP contribution is -2.34. The molecule has 2 rings (SSSR count). The number of carboxylic acid groups (broad SMARTS) is 1. The Balaban J connectivity index is 2.13. The Kier molecular flexibility index (Phi) is 4.70. The zero-order valence-electron chi connectivity index (χ0n) is 12.9. The molecule has 0 aliphatic heterocycles. The Morgan fingerprint density at radius 3 is 2.77 bits per heavy atom. The zero-order valence-corrected chi connectivity index (χ0v) is 12.9. The molecule has 0 aliphatic rings. The van der Waals surface area contributed by atoms with Gasteiger partial charge in [-0.1, -0.05) is 6.92 Å². The molecule has 1 amide bonds. The van der Waals surface area contributed by atoms with Crippen LogP contribution >= 0.6 is 0 Å². The minimum absolute atomic E-state index is 0.114. The van der Waals surface area contributed by atoms with Crippen molar-refractivity contribution in [1.29, 1.82) is 0 Å². The molecule has 118 valence electrons. The summed E-state index contributed by atoms with van der Waals surface area (Å²) in [6.45, 7) is 1.78. The van der Waals surface area contributed by atoms with E-state index in [1.807, 2.05) is 18.2 Å². The molecule has 0 fully saturated rings. The summed E-state index contributed by atoms with van der Waals surface area (Å²) in [5.41, 5.74) is 1.80. The number of ether oxygens (including phenoxy) is 1. The normalized spacial score (nSPS) is 12.1. The molecule has 2 N–H and O–H groups in total. The number of carbonyl (C=O) groups excluding carboxylic acids is 1. The minimum Gasteiger partial charge on any atom is -0.497 e. The molecule has 0 spiro atoms. The molecule has 6 nitrogen and oxygen atoms in total. The van der Waals surface area contributed by atoms with E-state index in [4.69, 9.17) is 9.84 Å². The zero-order chi connectivity index (χ0) is 16.3. The molecule has 1 atom stereocenters. The van der Waals surface area contributed by atoms with Crippen LogP contribution < -0.4 is 4.74 Å². The molecular formula is C16H20N2O4. The van der Waals surface area contributed by atoms with Crippen molar-refractivity contribution in [2.24, 2.45) is 5.92 Å². The molecule has 0 saturated heterocycles. The highest BCUT2D eigenvalue weighted by molar-refractivity contribution is 5.89. The summed E-state index contributed by atoms with van der Waals surface area (Å²) in [5.74, 6) is -0.876. The molecule has 2 aromatic rings. The number of carbonyl (C=O) groups is 2. The van der Waals surface area contributed by atoms with Crippen molar-refractivity contribution in [3.05, 3.63) is 30.0 Å². The van der Waals surface area contributed by atoms with Crippen molar-refractivity contribution in [2.45, 2.75) is 13.3 Å². The third-order valence-corrected chi connectivity index (χ3v) is 3.71. The van der Waals surface area contributed by atoms with Crippen molar-refractivity contribution in [3.8, 4) is 5.75 Å². The van der Waals surface area contributed by atoms with Crippen LogP contribution in [-0.2, 0) is 16.0 Å². The summed E-state index contributed by atoms with van der Waals surface area (Å²) in [6.07, 6.45) is 2.02. The standard InChI is InChI=1S/C16H20N2O4/c1-10(16(20)21)9-18(2)15(19)6-11-8-17-14-5-4-12(22-3)7-13(11)14/h4-5,7-8,10,17H,6,9H2,1-3H3,(H,20,21). The minimum atomic E-state index is -0.906. The summed E-state index contributed by atoms with van der Waals surface area (Å²) in [6, 6.07) is 5.64. The maximum Gasteiger partial charge on any atom is 0.308 e. The van der Waals surface area contributed by atoms with E-state index in [0.717, 1.165) is 22.2 Å². The number of rotatable bonds is 6. The Bertz CT molecular complexity index is 693. The fourth-order valence-electron chi connectivity index (χ4n) is 2.32. The summed E-state index contributed by atoms with van der Waals surface area (Å²) in [7, 11) is 3.22. The van der Waals surface area contributed by atoms with E-state index in [9.17, 15) is 9.59 Å². The first-order valence-corrected chi connectivity index (χ1v) is 7.03. The van der Waals surface area contributed by atoms with Gasteiger partial charge in [-0.2, -0.15) is 0 Å². The van der Waals surface area contributed by atoms with Gasteiger partial charge in [0.25, 0.3) is 0 Å². The summed E-state index contributed by atoms with van der Waals surface area (Å²) >= 11 is 0. The van der Waals surface area contributed by atoms with Gasteiger partial charge in [-0.25, -0.2) is 0 Å². The van der Waals surface area contributed by atoms with E-state index in [1.54, 1.807) is 27.3 Å². The molecule has 0 radical (unpaired) electrons. The number of amides is 1. The molecule has 6 heteroatoms. The SMILES string of the molecule is COc1ccc2[nH]cc(CC(=O)N(C)CC(C)C(=O)O)c2c1. The molecular weight excluding hydrogens is 284 g/mol. The largest absolute Gasteiger partial charge is 0.497 e. The summed E-state index contributed by atoms with van der Waals surface area (Å²) < 4.78 is 5.20. The lowest BCUT2D eigenvalue weighted by molar-refractivity contribution is -0.142. The quantitative estimate of drug-likeness (QED) is 0.854. The number of nitrogens with zero attached hydrogens (tertiary/aromatic N) is 1. The number of nitrogens with one attached hydrogen (secondary N) is 1. The summed E-state index contributed by atoms with van der Waals surface area (Å²) in [4.78, 5) is 27.7. The predicted molar refractivity (Wildman–Crippen MR) is 83.0 cm³/mol. The number of methoxy groups -OCH3 is 1. The topological polar surface area (TPSA) is 82.6 Å². The third kappa shape index (κ3) is 3.39. The van der Waals surface area contributed by atoms with Crippen LogP contribution in [0.5, 0.6) is 5.75 Å². The van der Waals surface area contributed by atoms with Crippen LogP contribution in [0, 0.1) is 5.92 Å². The number of hydrogen-bond donors (Lipinski definition) is 2. The number of fused-ring (bicyclic) bond motifs is 1. The van der Waals surface area contributed by atoms with Gasteiger partial charge in [0, 0.05) is 30.7 Å². The summed E-state index contributed by atoms with van der Waals surface area (Å²) in [5, 5.41) is 9.85. The van der Waals surface area contributed by atoms with Crippen LogP contribution in [0.4, 0.5) is 0 Å². The Morgan fingerprint density at radius 1 is 1.41 bits per heavy atom. The number of aromatic amines is 1. The maximum atomic E-state index is 12.3. The van der Waals surface area contributed by atoms with Gasteiger partial charge < -0.3 is 19.7 Å². The number of carboxylic acids is 1. The van der Waals surface area contributed by atoms with Crippen LogP contribution in [0.25, 0.3) is 10.9 Å². The van der Waals surface area contributed by atoms with E-state index < -0.39 is 11.9 Å². The van der Waals surface area contributed by atoms with Gasteiger partial charge in [-0.05, 0) is 23.8 Å². The molecule has 1 aromatic heterocycles. The van der Waals surface area contributed by atoms with Crippen LogP contribution in [0.2, 0.25) is 0 Å². The van der Waals surface area contributed by atoms with Crippen molar-refractivity contribution >= 4 is 22.8 Å². The first-order chi connectivity index (χ1) is 10.4. The Labute approximate surface area is 128 Å². The first-order valence-electron chi connectivity index (χ1n) is 7.03.